The first-order chi connectivity index (χ1) is 16.4. The molecule has 3 aromatic carbocycles. The summed E-state index contributed by atoms with van der Waals surface area (Å²) in [7, 11) is -3.70. The van der Waals surface area contributed by atoms with Gasteiger partial charge in [0.05, 0.1) is 21.5 Å². The van der Waals surface area contributed by atoms with E-state index in [1.54, 1.807) is 0 Å². The Bertz CT molecular complexity index is 1240. The van der Waals surface area contributed by atoms with Crippen LogP contribution in [0.5, 0.6) is 0 Å². The topological polar surface area (TPSA) is 66.5 Å². The van der Waals surface area contributed by atoms with Gasteiger partial charge >= 0.3 is 0 Å². The van der Waals surface area contributed by atoms with Gasteiger partial charge in [-0.25, -0.2) is 8.42 Å². The number of carbonyl (C=O) groups excluding carboxylic acids is 1. The van der Waals surface area contributed by atoms with Crippen molar-refractivity contribution in [2.45, 2.75) is 43.5 Å². The SMILES string of the molecule is Cc1ccc([C@H](NC(=O)c2cc(S(=O)(=O)N3CCCCCC3)ccc2Cl)c2ccccc2)cc1. The fourth-order valence-corrected chi connectivity index (χ4v) is 5.99. The van der Waals surface area contributed by atoms with Crippen LogP contribution in [-0.2, 0) is 10.0 Å². The molecule has 1 amide bonds. The summed E-state index contributed by atoms with van der Waals surface area (Å²) < 4.78 is 28.1. The number of nitrogens with zero attached hydrogens (tertiary/aromatic N) is 1. The van der Waals surface area contributed by atoms with Gasteiger partial charge in [-0.3, -0.25) is 4.79 Å². The predicted octanol–water partition coefficient (Wildman–Crippen LogP) is 5.73. The first-order valence-electron chi connectivity index (χ1n) is 11.6. The van der Waals surface area contributed by atoms with Gasteiger partial charge in [-0.15, -0.1) is 0 Å². The molecule has 0 aromatic heterocycles. The lowest BCUT2D eigenvalue weighted by atomic mass is 9.97. The number of hydrogen-bond donors (Lipinski definition) is 1. The Balaban J connectivity index is 1.65. The minimum absolute atomic E-state index is 0.0931. The van der Waals surface area contributed by atoms with E-state index in [4.69, 9.17) is 11.6 Å². The number of rotatable bonds is 6. The van der Waals surface area contributed by atoms with Gasteiger partial charge < -0.3 is 5.32 Å². The number of sulfonamides is 1. The van der Waals surface area contributed by atoms with E-state index in [1.165, 1.54) is 22.5 Å². The number of carbonyl (C=O) groups is 1. The Morgan fingerprint density at radius 3 is 2.15 bits per heavy atom. The van der Waals surface area contributed by atoms with Gasteiger partial charge in [0.2, 0.25) is 10.0 Å². The lowest BCUT2D eigenvalue weighted by Gasteiger charge is -2.22. The van der Waals surface area contributed by atoms with Crippen molar-refractivity contribution in [2.24, 2.45) is 0 Å². The molecule has 3 aromatic rings. The quantitative estimate of drug-likeness (QED) is 0.473. The number of nitrogens with one attached hydrogen (secondary N) is 1. The highest BCUT2D eigenvalue weighted by Crippen LogP contribution is 2.27. The second-order valence-electron chi connectivity index (χ2n) is 8.69. The lowest BCUT2D eigenvalue weighted by Crippen LogP contribution is -2.32. The number of halogens is 1. The van der Waals surface area contributed by atoms with Crippen LogP contribution in [0.2, 0.25) is 5.02 Å². The third-order valence-electron chi connectivity index (χ3n) is 6.20. The van der Waals surface area contributed by atoms with Gasteiger partial charge in [0.15, 0.2) is 0 Å². The van der Waals surface area contributed by atoms with E-state index in [0.29, 0.717) is 13.1 Å². The largest absolute Gasteiger partial charge is 0.341 e. The molecule has 1 saturated heterocycles. The predicted molar refractivity (Wildman–Crippen MR) is 136 cm³/mol. The summed E-state index contributed by atoms with van der Waals surface area (Å²) in [5.41, 5.74) is 3.11. The molecule has 1 aliphatic heterocycles. The molecular weight excluding hydrogens is 468 g/mol. The summed E-state index contributed by atoms with van der Waals surface area (Å²) in [6.45, 7) is 3.00. The highest BCUT2D eigenvalue weighted by atomic mass is 35.5. The third kappa shape index (κ3) is 5.52. The molecule has 178 valence electrons. The molecule has 1 heterocycles. The Labute approximate surface area is 206 Å². The first kappa shape index (κ1) is 24.5. The maximum absolute atomic E-state index is 13.4. The maximum atomic E-state index is 13.4. The van der Waals surface area contributed by atoms with Crippen molar-refractivity contribution in [3.05, 3.63) is 100 Å². The fourth-order valence-electron chi connectivity index (χ4n) is 4.24. The molecule has 34 heavy (non-hydrogen) atoms. The van der Waals surface area contributed by atoms with Crippen LogP contribution in [0.1, 0.15) is 58.8 Å². The maximum Gasteiger partial charge on any atom is 0.253 e. The summed E-state index contributed by atoms with van der Waals surface area (Å²) in [6.07, 6.45) is 3.74. The van der Waals surface area contributed by atoms with Crippen molar-refractivity contribution in [1.82, 2.24) is 9.62 Å². The minimum atomic E-state index is -3.70. The van der Waals surface area contributed by atoms with Crippen LogP contribution in [0.25, 0.3) is 0 Å². The van der Waals surface area contributed by atoms with Crippen molar-refractivity contribution >= 4 is 27.5 Å². The average Bonchev–Trinajstić information content (AvgIpc) is 3.14. The molecule has 4 rings (SSSR count). The Kier molecular flexibility index (Phi) is 7.71. The highest BCUT2D eigenvalue weighted by Gasteiger charge is 2.27. The van der Waals surface area contributed by atoms with E-state index < -0.39 is 22.0 Å². The van der Waals surface area contributed by atoms with Crippen LogP contribution >= 0.6 is 11.6 Å². The molecule has 0 saturated carbocycles. The van der Waals surface area contributed by atoms with Crippen LogP contribution in [0, 0.1) is 6.92 Å². The molecule has 7 heteroatoms. The van der Waals surface area contributed by atoms with E-state index in [2.05, 4.69) is 5.32 Å². The average molecular weight is 497 g/mol. The molecule has 1 atom stereocenters. The van der Waals surface area contributed by atoms with Gasteiger partial charge in [-0.05, 0) is 49.1 Å². The standard InChI is InChI=1S/C27H29ClN2O3S/c1-20-11-13-22(14-12-20)26(21-9-5-4-6-10-21)29-27(31)24-19-23(15-16-25(24)28)34(32,33)30-17-7-2-3-8-18-30/h4-6,9-16,19,26H,2-3,7-8,17-18H2,1H3,(H,29,31)/t26-/m1/s1. The molecule has 0 radical (unpaired) electrons. The molecule has 0 spiro atoms. The zero-order valence-corrected chi connectivity index (χ0v) is 20.8. The van der Waals surface area contributed by atoms with E-state index in [1.807, 2.05) is 61.5 Å². The van der Waals surface area contributed by atoms with Crippen molar-refractivity contribution < 1.29 is 13.2 Å². The van der Waals surface area contributed by atoms with Gasteiger partial charge in [-0.2, -0.15) is 4.31 Å². The normalized spacial score (nSPS) is 15.9. The minimum Gasteiger partial charge on any atom is -0.341 e. The Morgan fingerprint density at radius 1 is 0.882 bits per heavy atom. The molecule has 5 nitrogen and oxygen atoms in total. The van der Waals surface area contributed by atoms with Gasteiger partial charge in [0.25, 0.3) is 5.91 Å². The first-order valence-corrected chi connectivity index (χ1v) is 13.4. The van der Waals surface area contributed by atoms with Crippen LogP contribution in [0.4, 0.5) is 0 Å². The van der Waals surface area contributed by atoms with Crippen LogP contribution in [-0.4, -0.2) is 31.7 Å². The summed E-state index contributed by atoms with van der Waals surface area (Å²) >= 11 is 6.38. The van der Waals surface area contributed by atoms with Crippen molar-refractivity contribution in [1.29, 1.82) is 0 Å². The molecule has 1 fully saturated rings. The Morgan fingerprint density at radius 2 is 1.50 bits per heavy atom. The van der Waals surface area contributed by atoms with Gasteiger partial charge in [-0.1, -0.05) is 84.6 Å². The van der Waals surface area contributed by atoms with Gasteiger partial charge in [0.1, 0.15) is 0 Å². The summed E-state index contributed by atoms with van der Waals surface area (Å²) in [6, 6.07) is 21.6. The van der Waals surface area contributed by atoms with Crippen LogP contribution < -0.4 is 5.32 Å². The monoisotopic (exact) mass is 496 g/mol. The van der Waals surface area contributed by atoms with Gasteiger partial charge in [0, 0.05) is 13.1 Å². The second kappa shape index (κ2) is 10.7. The zero-order valence-electron chi connectivity index (χ0n) is 19.2. The van der Waals surface area contributed by atoms with Crippen molar-refractivity contribution in [3.63, 3.8) is 0 Å². The number of hydrogen-bond acceptors (Lipinski definition) is 3. The third-order valence-corrected chi connectivity index (χ3v) is 8.43. The van der Waals surface area contributed by atoms with Crippen LogP contribution in [0.3, 0.4) is 0 Å². The highest BCUT2D eigenvalue weighted by molar-refractivity contribution is 7.89. The Hall–Kier alpha value is -2.67. The van der Waals surface area contributed by atoms with E-state index in [9.17, 15) is 13.2 Å². The summed E-state index contributed by atoms with van der Waals surface area (Å²) in [4.78, 5) is 13.5. The van der Waals surface area contributed by atoms with E-state index in [-0.39, 0.29) is 15.5 Å². The summed E-state index contributed by atoms with van der Waals surface area (Å²) in [5, 5.41) is 3.27. The van der Waals surface area contributed by atoms with E-state index in [0.717, 1.165) is 42.4 Å². The van der Waals surface area contributed by atoms with Crippen molar-refractivity contribution in [2.75, 3.05) is 13.1 Å². The molecule has 0 aliphatic carbocycles. The molecular formula is C27H29ClN2O3S. The zero-order chi connectivity index (χ0) is 24.1. The van der Waals surface area contributed by atoms with Crippen LogP contribution in [0.15, 0.2) is 77.7 Å². The number of amides is 1. The second-order valence-corrected chi connectivity index (χ2v) is 11.0. The molecule has 0 bridgehead atoms. The van der Waals surface area contributed by atoms with Crippen molar-refractivity contribution in [3.8, 4) is 0 Å². The fraction of sp³-hybridized carbons (Fsp3) is 0.296. The van der Waals surface area contributed by atoms with E-state index >= 15 is 0 Å². The smallest absolute Gasteiger partial charge is 0.253 e. The molecule has 1 aliphatic rings. The number of benzene rings is 3. The lowest BCUT2D eigenvalue weighted by molar-refractivity contribution is 0.0943. The molecule has 0 unspecified atom stereocenters. The number of aryl methyl sites for hydroxylation is 1. The molecule has 1 N–H and O–H groups in total. The summed E-state index contributed by atoms with van der Waals surface area (Å²) in [5.74, 6) is -0.424.